The number of thioether (sulfide) groups is 1. The summed E-state index contributed by atoms with van der Waals surface area (Å²) in [4.78, 5) is 11.9. The standard InChI is InChI=1S/C18H16F2N4OS2/c1-10-3-4-12(7-11(10)2)22-17-23-24-18(27-17)26-9-16(25)21-13-5-6-14(19)15(20)8-13/h3-8H,9H2,1-2H3,(H,21,25)(H,22,23). The highest BCUT2D eigenvalue weighted by Crippen LogP contribution is 2.28. The van der Waals surface area contributed by atoms with Crippen LogP contribution in [0.2, 0.25) is 0 Å². The molecule has 0 saturated carbocycles. The van der Waals surface area contributed by atoms with Crippen molar-refractivity contribution < 1.29 is 13.6 Å². The number of nitrogens with one attached hydrogen (secondary N) is 2. The third-order valence-corrected chi connectivity index (χ3v) is 5.67. The molecule has 0 aliphatic heterocycles. The van der Waals surface area contributed by atoms with Gasteiger partial charge in [-0.1, -0.05) is 29.2 Å². The molecule has 0 atom stereocenters. The Balaban J connectivity index is 1.53. The van der Waals surface area contributed by atoms with Crippen molar-refractivity contribution in [3.63, 3.8) is 0 Å². The van der Waals surface area contributed by atoms with Gasteiger partial charge in [-0.25, -0.2) is 8.78 Å². The Kier molecular flexibility index (Phi) is 6.02. The number of carbonyl (C=O) groups is 1. The number of rotatable bonds is 6. The molecule has 0 fully saturated rings. The summed E-state index contributed by atoms with van der Waals surface area (Å²) in [7, 11) is 0. The Hall–Kier alpha value is -2.52. The van der Waals surface area contributed by atoms with Gasteiger partial charge >= 0.3 is 0 Å². The molecule has 9 heteroatoms. The summed E-state index contributed by atoms with van der Waals surface area (Å²) in [5.41, 5.74) is 3.50. The first-order valence-electron chi connectivity index (χ1n) is 7.96. The molecule has 3 rings (SSSR count). The van der Waals surface area contributed by atoms with Gasteiger partial charge in [0, 0.05) is 17.4 Å². The van der Waals surface area contributed by atoms with E-state index in [0.717, 1.165) is 17.8 Å². The van der Waals surface area contributed by atoms with E-state index in [2.05, 4.69) is 20.8 Å². The van der Waals surface area contributed by atoms with Crippen LogP contribution in [-0.2, 0) is 4.79 Å². The molecular formula is C18H16F2N4OS2. The summed E-state index contributed by atoms with van der Waals surface area (Å²) in [5.74, 6) is -2.23. The maximum Gasteiger partial charge on any atom is 0.234 e. The SMILES string of the molecule is Cc1ccc(Nc2nnc(SCC(=O)Nc3ccc(F)c(F)c3)s2)cc1C. The number of aryl methyl sites for hydroxylation is 2. The average Bonchev–Trinajstić information content (AvgIpc) is 3.07. The second-order valence-corrected chi connectivity index (χ2v) is 7.96. The highest BCUT2D eigenvalue weighted by molar-refractivity contribution is 8.01. The van der Waals surface area contributed by atoms with Crippen molar-refractivity contribution in [2.24, 2.45) is 0 Å². The normalized spacial score (nSPS) is 10.7. The van der Waals surface area contributed by atoms with Gasteiger partial charge in [0.25, 0.3) is 0 Å². The summed E-state index contributed by atoms with van der Waals surface area (Å²) in [5, 5.41) is 14.4. The molecule has 0 radical (unpaired) electrons. The monoisotopic (exact) mass is 406 g/mol. The topological polar surface area (TPSA) is 66.9 Å². The van der Waals surface area contributed by atoms with Gasteiger partial charge in [-0.3, -0.25) is 4.79 Å². The van der Waals surface area contributed by atoms with Crippen LogP contribution < -0.4 is 10.6 Å². The molecule has 0 spiro atoms. The molecule has 1 aromatic heterocycles. The van der Waals surface area contributed by atoms with E-state index in [1.54, 1.807) is 0 Å². The highest BCUT2D eigenvalue weighted by atomic mass is 32.2. The molecular weight excluding hydrogens is 390 g/mol. The molecule has 1 amide bonds. The van der Waals surface area contributed by atoms with E-state index < -0.39 is 11.6 Å². The van der Waals surface area contributed by atoms with Crippen LogP contribution in [0.25, 0.3) is 0 Å². The average molecular weight is 406 g/mol. The van der Waals surface area contributed by atoms with Crippen molar-refractivity contribution in [2.75, 3.05) is 16.4 Å². The van der Waals surface area contributed by atoms with E-state index in [-0.39, 0.29) is 17.3 Å². The van der Waals surface area contributed by atoms with Gasteiger partial charge in [0.1, 0.15) is 0 Å². The fourth-order valence-electron chi connectivity index (χ4n) is 2.16. The molecule has 0 saturated heterocycles. The number of amides is 1. The molecule has 140 valence electrons. The molecule has 0 bridgehead atoms. The third-order valence-electron chi connectivity index (χ3n) is 3.69. The molecule has 0 aliphatic rings. The Morgan fingerprint density at radius 2 is 1.81 bits per heavy atom. The van der Waals surface area contributed by atoms with Gasteiger partial charge < -0.3 is 10.6 Å². The first-order chi connectivity index (χ1) is 12.9. The van der Waals surface area contributed by atoms with Gasteiger partial charge in [-0.05, 0) is 49.2 Å². The van der Waals surface area contributed by atoms with Crippen molar-refractivity contribution in [3.05, 3.63) is 59.2 Å². The lowest BCUT2D eigenvalue weighted by Gasteiger charge is -2.05. The second-order valence-electron chi connectivity index (χ2n) is 5.76. The van der Waals surface area contributed by atoms with Crippen molar-refractivity contribution in [1.29, 1.82) is 0 Å². The second kappa shape index (κ2) is 8.45. The lowest BCUT2D eigenvalue weighted by atomic mass is 10.1. The largest absolute Gasteiger partial charge is 0.330 e. The van der Waals surface area contributed by atoms with Crippen LogP contribution in [0.1, 0.15) is 11.1 Å². The van der Waals surface area contributed by atoms with Crippen LogP contribution >= 0.6 is 23.1 Å². The number of nitrogens with zero attached hydrogens (tertiary/aromatic N) is 2. The molecule has 3 aromatic rings. The van der Waals surface area contributed by atoms with E-state index in [4.69, 9.17) is 0 Å². The zero-order valence-corrected chi connectivity index (χ0v) is 16.2. The molecule has 27 heavy (non-hydrogen) atoms. The van der Waals surface area contributed by atoms with Gasteiger partial charge in [0.05, 0.1) is 5.75 Å². The van der Waals surface area contributed by atoms with Crippen LogP contribution in [0.15, 0.2) is 40.7 Å². The summed E-state index contributed by atoms with van der Waals surface area (Å²) >= 11 is 2.55. The minimum atomic E-state index is -1.01. The first kappa shape index (κ1) is 19.2. The lowest BCUT2D eigenvalue weighted by Crippen LogP contribution is -2.14. The zero-order valence-electron chi connectivity index (χ0n) is 14.5. The number of aromatic nitrogens is 2. The summed E-state index contributed by atoms with van der Waals surface area (Å²) < 4.78 is 26.7. The Labute approximate surface area is 163 Å². The van der Waals surface area contributed by atoms with E-state index in [9.17, 15) is 13.6 Å². The number of hydrogen-bond acceptors (Lipinski definition) is 6. The molecule has 0 unspecified atom stereocenters. The fourth-order valence-corrected chi connectivity index (χ4v) is 3.73. The smallest absolute Gasteiger partial charge is 0.234 e. The maximum atomic E-state index is 13.2. The van der Waals surface area contributed by atoms with Crippen molar-refractivity contribution >= 4 is 45.5 Å². The van der Waals surface area contributed by atoms with Gasteiger partial charge in [-0.15, -0.1) is 10.2 Å². The number of halogens is 2. The molecule has 1 heterocycles. The summed E-state index contributed by atoms with van der Waals surface area (Å²) in [6, 6.07) is 9.22. The zero-order chi connectivity index (χ0) is 19.4. The van der Waals surface area contributed by atoms with Crippen molar-refractivity contribution in [3.8, 4) is 0 Å². The van der Waals surface area contributed by atoms with E-state index in [0.29, 0.717) is 9.47 Å². The van der Waals surface area contributed by atoms with Crippen LogP contribution in [-0.4, -0.2) is 21.9 Å². The minimum absolute atomic E-state index is 0.0806. The highest BCUT2D eigenvalue weighted by Gasteiger charge is 2.10. The van der Waals surface area contributed by atoms with Crippen molar-refractivity contribution in [1.82, 2.24) is 10.2 Å². The third kappa shape index (κ3) is 5.24. The minimum Gasteiger partial charge on any atom is -0.330 e. The Morgan fingerprint density at radius 3 is 2.56 bits per heavy atom. The van der Waals surface area contributed by atoms with Crippen molar-refractivity contribution in [2.45, 2.75) is 18.2 Å². The van der Waals surface area contributed by atoms with Crippen LogP contribution in [0.4, 0.5) is 25.3 Å². The lowest BCUT2D eigenvalue weighted by molar-refractivity contribution is -0.113. The summed E-state index contributed by atoms with van der Waals surface area (Å²) in [6.07, 6.45) is 0. The molecule has 2 aromatic carbocycles. The molecule has 0 aliphatic carbocycles. The molecule has 2 N–H and O–H groups in total. The quantitative estimate of drug-likeness (QED) is 0.570. The van der Waals surface area contributed by atoms with Crippen LogP contribution in [0.5, 0.6) is 0 Å². The van der Waals surface area contributed by atoms with Crippen LogP contribution in [0.3, 0.4) is 0 Å². The van der Waals surface area contributed by atoms with Gasteiger partial charge in [-0.2, -0.15) is 0 Å². The van der Waals surface area contributed by atoms with E-state index in [1.165, 1.54) is 40.3 Å². The first-order valence-corrected chi connectivity index (χ1v) is 9.76. The predicted octanol–water partition coefficient (Wildman–Crippen LogP) is 4.91. The number of benzene rings is 2. The Bertz CT molecular complexity index is 978. The maximum absolute atomic E-state index is 13.2. The summed E-state index contributed by atoms with van der Waals surface area (Å²) in [6.45, 7) is 4.08. The van der Waals surface area contributed by atoms with E-state index >= 15 is 0 Å². The van der Waals surface area contributed by atoms with Gasteiger partial charge in [0.2, 0.25) is 11.0 Å². The number of carbonyl (C=O) groups excluding carboxylic acids is 1. The van der Waals surface area contributed by atoms with E-state index in [1.807, 2.05) is 32.0 Å². The molecule has 5 nitrogen and oxygen atoms in total. The Morgan fingerprint density at radius 1 is 1.04 bits per heavy atom. The predicted molar refractivity (Wildman–Crippen MR) is 105 cm³/mol. The number of hydrogen-bond donors (Lipinski definition) is 2. The fraction of sp³-hybridized carbons (Fsp3) is 0.167. The van der Waals surface area contributed by atoms with Crippen LogP contribution in [0, 0.1) is 25.5 Å². The number of anilines is 3. The van der Waals surface area contributed by atoms with Gasteiger partial charge in [0.15, 0.2) is 16.0 Å².